The summed E-state index contributed by atoms with van der Waals surface area (Å²) in [5.74, 6) is 0.153. The Morgan fingerprint density at radius 2 is 2.00 bits per heavy atom. The molecule has 0 aromatic rings. The monoisotopic (exact) mass is 241 g/mol. The molecule has 1 N–H and O–H groups in total. The molecule has 0 aromatic heterocycles. The van der Waals surface area contributed by atoms with Crippen LogP contribution >= 0.6 is 0 Å². The van der Waals surface area contributed by atoms with E-state index in [1.165, 1.54) is 19.5 Å². The van der Waals surface area contributed by atoms with Gasteiger partial charge in [0.05, 0.1) is 0 Å². The van der Waals surface area contributed by atoms with Crippen molar-refractivity contribution in [3.63, 3.8) is 0 Å². The van der Waals surface area contributed by atoms with Crippen LogP contribution in [0.5, 0.6) is 0 Å². The van der Waals surface area contributed by atoms with Gasteiger partial charge in [-0.25, -0.2) is 0 Å². The molecule has 100 valence electrons. The maximum absolute atomic E-state index is 10.4. The van der Waals surface area contributed by atoms with E-state index < -0.39 is 5.97 Å². The molecule has 0 radical (unpaired) electrons. The maximum atomic E-state index is 10.4. The van der Waals surface area contributed by atoms with Gasteiger partial charge in [0.2, 0.25) is 0 Å². The van der Waals surface area contributed by atoms with E-state index in [1.54, 1.807) is 0 Å². The summed E-state index contributed by atoms with van der Waals surface area (Å²) in [5, 5.41) is 8.54. The summed E-state index contributed by atoms with van der Waals surface area (Å²) >= 11 is 0. The second kappa shape index (κ2) is 6.39. The number of carbonyl (C=O) groups is 1. The molecular formula is C14H27NO2. The third kappa shape index (κ3) is 5.53. The molecule has 1 fully saturated rings. The summed E-state index contributed by atoms with van der Waals surface area (Å²) in [6.45, 7) is 10.6. The fourth-order valence-electron chi connectivity index (χ4n) is 2.53. The normalized spacial score (nSPS) is 21.9. The number of likely N-dealkylation sites (tertiary alicyclic amines) is 1. The molecule has 3 nitrogen and oxygen atoms in total. The molecule has 1 aliphatic heterocycles. The number of hydrogen-bond donors (Lipinski definition) is 1. The average Bonchev–Trinajstić information content (AvgIpc) is 2.64. The van der Waals surface area contributed by atoms with Crippen LogP contribution in [0.15, 0.2) is 0 Å². The predicted molar refractivity (Wildman–Crippen MR) is 70.1 cm³/mol. The van der Waals surface area contributed by atoms with Crippen LogP contribution in [0.1, 0.15) is 52.9 Å². The molecule has 0 bridgehead atoms. The number of nitrogens with zero attached hydrogens (tertiary/aromatic N) is 1. The Bertz CT molecular complexity index is 245. The molecule has 0 aromatic carbocycles. The van der Waals surface area contributed by atoms with Gasteiger partial charge >= 0.3 is 5.97 Å². The molecule has 1 unspecified atom stereocenters. The molecule has 1 atom stereocenters. The minimum absolute atomic E-state index is 0.324. The quantitative estimate of drug-likeness (QED) is 0.727. The van der Waals surface area contributed by atoms with Gasteiger partial charge in [-0.3, -0.25) is 4.79 Å². The molecule has 17 heavy (non-hydrogen) atoms. The van der Waals surface area contributed by atoms with Crippen molar-refractivity contribution in [2.45, 2.75) is 52.9 Å². The first-order valence-corrected chi connectivity index (χ1v) is 6.84. The highest BCUT2D eigenvalue weighted by molar-refractivity contribution is 5.66. The van der Waals surface area contributed by atoms with Crippen molar-refractivity contribution in [1.29, 1.82) is 0 Å². The zero-order valence-electron chi connectivity index (χ0n) is 11.5. The summed E-state index contributed by atoms with van der Waals surface area (Å²) < 4.78 is 0. The zero-order chi connectivity index (χ0) is 12.9. The lowest BCUT2D eigenvalue weighted by atomic mass is 9.80. The maximum Gasteiger partial charge on any atom is 0.303 e. The van der Waals surface area contributed by atoms with Gasteiger partial charge in [-0.2, -0.15) is 0 Å². The summed E-state index contributed by atoms with van der Waals surface area (Å²) in [6.07, 6.45) is 4.66. The highest BCUT2D eigenvalue weighted by Crippen LogP contribution is 2.33. The molecule has 1 heterocycles. The van der Waals surface area contributed by atoms with Gasteiger partial charge < -0.3 is 10.0 Å². The van der Waals surface area contributed by atoms with E-state index in [4.69, 9.17) is 5.11 Å². The van der Waals surface area contributed by atoms with Crippen LogP contribution < -0.4 is 0 Å². The second-order valence-electron chi connectivity index (χ2n) is 6.36. The van der Waals surface area contributed by atoms with Gasteiger partial charge in [-0.05, 0) is 43.7 Å². The average molecular weight is 241 g/mol. The molecule has 1 saturated heterocycles. The Kier molecular flexibility index (Phi) is 5.44. The summed E-state index contributed by atoms with van der Waals surface area (Å²) in [5.41, 5.74) is 0.429. The van der Waals surface area contributed by atoms with Gasteiger partial charge in [0, 0.05) is 13.0 Å². The number of aliphatic carboxylic acids is 1. The Hall–Kier alpha value is -0.570. The number of carboxylic acids is 1. The smallest absolute Gasteiger partial charge is 0.303 e. The molecular weight excluding hydrogens is 214 g/mol. The minimum Gasteiger partial charge on any atom is -0.481 e. The molecule has 0 saturated carbocycles. The van der Waals surface area contributed by atoms with Crippen molar-refractivity contribution in [3.8, 4) is 0 Å². The molecule has 0 aliphatic carbocycles. The predicted octanol–water partition coefficient (Wildman–Crippen LogP) is 3.00. The van der Waals surface area contributed by atoms with Crippen molar-refractivity contribution < 1.29 is 9.90 Å². The van der Waals surface area contributed by atoms with Gasteiger partial charge in [-0.15, -0.1) is 0 Å². The first kappa shape index (κ1) is 14.5. The van der Waals surface area contributed by atoms with Crippen LogP contribution in [0.4, 0.5) is 0 Å². The van der Waals surface area contributed by atoms with Crippen LogP contribution in [0.25, 0.3) is 0 Å². The summed E-state index contributed by atoms with van der Waals surface area (Å²) in [7, 11) is 0. The van der Waals surface area contributed by atoms with Crippen LogP contribution in [0.3, 0.4) is 0 Å². The number of hydrogen-bond acceptors (Lipinski definition) is 2. The van der Waals surface area contributed by atoms with Gasteiger partial charge in [0.15, 0.2) is 0 Å². The fraction of sp³-hybridized carbons (Fsp3) is 0.929. The van der Waals surface area contributed by atoms with E-state index in [1.807, 2.05) is 0 Å². The topological polar surface area (TPSA) is 40.5 Å². The van der Waals surface area contributed by atoms with Crippen LogP contribution in [0.2, 0.25) is 0 Å². The molecule has 3 heteroatoms. The van der Waals surface area contributed by atoms with E-state index in [9.17, 15) is 4.79 Å². The minimum atomic E-state index is -0.668. The summed E-state index contributed by atoms with van der Waals surface area (Å²) in [6, 6.07) is 0. The third-order valence-electron chi connectivity index (χ3n) is 3.86. The van der Waals surface area contributed by atoms with Crippen molar-refractivity contribution >= 4 is 5.97 Å². The van der Waals surface area contributed by atoms with E-state index in [-0.39, 0.29) is 0 Å². The van der Waals surface area contributed by atoms with Gasteiger partial charge in [0.25, 0.3) is 0 Å². The first-order valence-electron chi connectivity index (χ1n) is 6.84. The standard InChI is InChI=1S/C14H27NO2/c1-14(2,3)12-8-10-15(11-12)9-6-4-5-7-13(16)17/h12H,4-11H2,1-3H3,(H,16,17). The first-order chi connectivity index (χ1) is 7.89. The Balaban J connectivity index is 2.08. The van der Waals surface area contributed by atoms with E-state index >= 15 is 0 Å². The Labute approximate surface area is 105 Å². The highest BCUT2D eigenvalue weighted by Gasteiger charge is 2.31. The lowest BCUT2D eigenvalue weighted by Gasteiger charge is -2.27. The summed E-state index contributed by atoms with van der Waals surface area (Å²) in [4.78, 5) is 12.9. The van der Waals surface area contributed by atoms with Crippen molar-refractivity contribution in [1.82, 2.24) is 4.90 Å². The van der Waals surface area contributed by atoms with E-state index in [0.717, 1.165) is 31.7 Å². The van der Waals surface area contributed by atoms with Gasteiger partial charge in [0.1, 0.15) is 0 Å². The van der Waals surface area contributed by atoms with Gasteiger partial charge in [-0.1, -0.05) is 27.2 Å². The van der Waals surface area contributed by atoms with Crippen LogP contribution in [-0.4, -0.2) is 35.6 Å². The molecule has 0 amide bonds. The van der Waals surface area contributed by atoms with Crippen molar-refractivity contribution in [2.75, 3.05) is 19.6 Å². The zero-order valence-corrected chi connectivity index (χ0v) is 11.5. The van der Waals surface area contributed by atoms with Crippen molar-refractivity contribution in [2.24, 2.45) is 11.3 Å². The number of rotatable bonds is 6. The fourth-order valence-corrected chi connectivity index (χ4v) is 2.53. The largest absolute Gasteiger partial charge is 0.481 e. The lowest BCUT2D eigenvalue weighted by Crippen LogP contribution is -2.26. The van der Waals surface area contributed by atoms with Crippen LogP contribution in [0, 0.1) is 11.3 Å². The third-order valence-corrected chi connectivity index (χ3v) is 3.86. The number of unbranched alkanes of at least 4 members (excludes halogenated alkanes) is 2. The molecule has 1 aliphatic rings. The van der Waals surface area contributed by atoms with Crippen molar-refractivity contribution in [3.05, 3.63) is 0 Å². The SMILES string of the molecule is CC(C)(C)C1CCN(CCCCCC(=O)O)C1. The Morgan fingerprint density at radius 3 is 2.53 bits per heavy atom. The number of carboxylic acid groups (broad SMARTS) is 1. The Morgan fingerprint density at radius 1 is 1.29 bits per heavy atom. The van der Waals surface area contributed by atoms with E-state index in [0.29, 0.717) is 11.8 Å². The molecule has 1 rings (SSSR count). The highest BCUT2D eigenvalue weighted by atomic mass is 16.4. The van der Waals surface area contributed by atoms with E-state index in [2.05, 4.69) is 25.7 Å². The second-order valence-corrected chi connectivity index (χ2v) is 6.36. The lowest BCUT2D eigenvalue weighted by molar-refractivity contribution is -0.137. The van der Waals surface area contributed by atoms with Crippen LogP contribution in [-0.2, 0) is 4.79 Å². The molecule has 0 spiro atoms.